The molecule has 1 saturated carbocycles. The van der Waals surface area contributed by atoms with Crippen molar-refractivity contribution in [3.8, 4) is 0 Å². The number of nitrogen functional groups attached to an aromatic ring is 1. The molecular weight excluding hydrogens is 236 g/mol. The lowest BCUT2D eigenvalue weighted by atomic mass is 10.1. The first-order valence-corrected chi connectivity index (χ1v) is 6.34. The summed E-state index contributed by atoms with van der Waals surface area (Å²) in [5.74, 6) is 0.616. The van der Waals surface area contributed by atoms with Crippen LogP contribution >= 0.6 is 11.6 Å². The number of amides is 1. The molecule has 0 saturated heterocycles. The quantitative estimate of drug-likeness (QED) is 0.838. The summed E-state index contributed by atoms with van der Waals surface area (Å²) in [5.41, 5.74) is 6.73. The molecule has 1 amide bonds. The summed E-state index contributed by atoms with van der Waals surface area (Å²) in [7, 11) is 0. The van der Waals surface area contributed by atoms with Crippen LogP contribution in [0, 0.1) is 5.92 Å². The highest BCUT2D eigenvalue weighted by Crippen LogP contribution is 2.31. The van der Waals surface area contributed by atoms with Crippen molar-refractivity contribution in [3.05, 3.63) is 28.8 Å². The van der Waals surface area contributed by atoms with Gasteiger partial charge in [0.15, 0.2) is 0 Å². The number of rotatable bonds is 4. The summed E-state index contributed by atoms with van der Waals surface area (Å²) < 4.78 is 0. The highest BCUT2D eigenvalue weighted by molar-refractivity contribution is 6.34. The minimum Gasteiger partial charge on any atom is -0.398 e. The Bertz CT molecular complexity index is 409. The Morgan fingerprint density at radius 1 is 1.53 bits per heavy atom. The van der Waals surface area contributed by atoms with Gasteiger partial charge >= 0.3 is 0 Å². The maximum Gasteiger partial charge on any atom is 0.257 e. The van der Waals surface area contributed by atoms with Gasteiger partial charge in [-0.1, -0.05) is 17.7 Å². The fraction of sp³-hybridized carbons (Fsp3) is 0.462. The van der Waals surface area contributed by atoms with Crippen LogP contribution in [0.2, 0.25) is 5.02 Å². The Hall–Kier alpha value is -1.22. The Kier molecular flexibility index (Phi) is 3.57. The van der Waals surface area contributed by atoms with E-state index in [4.69, 9.17) is 17.3 Å². The first-order chi connectivity index (χ1) is 8.13. The lowest BCUT2D eigenvalue weighted by Crippen LogP contribution is -2.33. The number of carbonyl (C=O) groups is 1. The molecule has 1 fully saturated rings. The van der Waals surface area contributed by atoms with Crippen LogP contribution < -0.4 is 5.73 Å². The van der Waals surface area contributed by atoms with Crippen LogP contribution in [0.4, 0.5) is 5.69 Å². The molecule has 0 unspecified atom stereocenters. The van der Waals surface area contributed by atoms with Crippen molar-refractivity contribution in [1.82, 2.24) is 4.90 Å². The zero-order valence-electron chi connectivity index (χ0n) is 9.95. The first kappa shape index (κ1) is 12.2. The van der Waals surface area contributed by atoms with Gasteiger partial charge in [0.2, 0.25) is 0 Å². The van der Waals surface area contributed by atoms with Crippen molar-refractivity contribution in [3.63, 3.8) is 0 Å². The lowest BCUT2D eigenvalue weighted by Gasteiger charge is -2.22. The average Bonchev–Trinajstić information content (AvgIpc) is 3.09. The molecule has 0 heterocycles. The standard InChI is InChI=1S/C13H17ClN2O/c1-2-16(8-9-6-7-9)13(17)12-10(14)4-3-5-11(12)15/h3-5,9H,2,6-8,15H2,1H3. The van der Waals surface area contributed by atoms with Gasteiger partial charge in [0.05, 0.1) is 10.6 Å². The van der Waals surface area contributed by atoms with Crippen LogP contribution in [0.5, 0.6) is 0 Å². The Balaban J connectivity index is 2.21. The van der Waals surface area contributed by atoms with Gasteiger partial charge in [-0.2, -0.15) is 0 Å². The second kappa shape index (κ2) is 4.96. The third kappa shape index (κ3) is 2.72. The number of carbonyl (C=O) groups excluding carboxylic acids is 1. The van der Waals surface area contributed by atoms with Gasteiger partial charge in [0.25, 0.3) is 5.91 Å². The monoisotopic (exact) mass is 252 g/mol. The van der Waals surface area contributed by atoms with Gasteiger partial charge in [-0.15, -0.1) is 0 Å². The van der Waals surface area contributed by atoms with Gasteiger partial charge in [0, 0.05) is 18.8 Å². The minimum absolute atomic E-state index is 0.0532. The summed E-state index contributed by atoms with van der Waals surface area (Å²) in [6, 6.07) is 5.17. The van der Waals surface area contributed by atoms with Crippen molar-refractivity contribution in [1.29, 1.82) is 0 Å². The molecule has 2 rings (SSSR count). The molecule has 1 aliphatic carbocycles. The molecule has 4 heteroatoms. The van der Waals surface area contributed by atoms with Gasteiger partial charge in [-0.05, 0) is 37.8 Å². The zero-order chi connectivity index (χ0) is 12.4. The number of halogens is 1. The Morgan fingerprint density at radius 2 is 2.24 bits per heavy atom. The second-order valence-electron chi connectivity index (χ2n) is 4.49. The van der Waals surface area contributed by atoms with E-state index >= 15 is 0 Å². The summed E-state index contributed by atoms with van der Waals surface area (Å²) in [6.45, 7) is 3.49. The number of anilines is 1. The molecule has 17 heavy (non-hydrogen) atoms. The topological polar surface area (TPSA) is 46.3 Å². The molecule has 0 spiro atoms. The molecule has 0 aromatic heterocycles. The normalized spacial score (nSPS) is 14.7. The fourth-order valence-electron chi connectivity index (χ4n) is 1.89. The second-order valence-corrected chi connectivity index (χ2v) is 4.90. The number of hydrogen-bond acceptors (Lipinski definition) is 2. The van der Waals surface area contributed by atoms with Crippen molar-refractivity contribution in [2.75, 3.05) is 18.8 Å². The first-order valence-electron chi connectivity index (χ1n) is 5.96. The predicted octanol–water partition coefficient (Wildman–Crippen LogP) is 2.79. The maximum atomic E-state index is 12.3. The summed E-state index contributed by atoms with van der Waals surface area (Å²) in [5, 5.41) is 0.434. The van der Waals surface area contributed by atoms with Crippen LogP contribution in [0.1, 0.15) is 30.1 Å². The van der Waals surface area contributed by atoms with Crippen molar-refractivity contribution >= 4 is 23.2 Å². The van der Waals surface area contributed by atoms with E-state index in [1.165, 1.54) is 12.8 Å². The van der Waals surface area contributed by atoms with Crippen LogP contribution in [0.15, 0.2) is 18.2 Å². The van der Waals surface area contributed by atoms with Crippen molar-refractivity contribution in [2.24, 2.45) is 5.92 Å². The molecule has 2 N–H and O–H groups in total. The lowest BCUT2D eigenvalue weighted by molar-refractivity contribution is 0.0758. The van der Waals surface area contributed by atoms with Crippen LogP contribution in [0.25, 0.3) is 0 Å². The molecule has 1 aromatic carbocycles. The predicted molar refractivity (Wildman–Crippen MR) is 70.2 cm³/mol. The number of benzene rings is 1. The van der Waals surface area contributed by atoms with E-state index in [0.717, 1.165) is 6.54 Å². The number of hydrogen-bond donors (Lipinski definition) is 1. The van der Waals surface area contributed by atoms with Gasteiger partial charge in [-0.25, -0.2) is 0 Å². The van der Waals surface area contributed by atoms with Crippen molar-refractivity contribution < 1.29 is 4.79 Å². The average molecular weight is 253 g/mol. The third-order valence-electron chi connectivity index (χ3n) is 3.10. The van der Waals surface area contributed by atoms with Crippen molar-refractivity contribution in [2.45, 2.75) is 19.8 Å². The molecule has 0 atom stereocenters. The van der Waals surface area contributed by atoms with Gasteiger partial charge in [-0.3, -0.25) is 4.79 Å². The smallest absolute Gasteiger partial charge is 0.257 e. The summed E-state index contributed by atoms with van der Waals surface area (Å²) in [4.78, 5) is 14.2. The number of nitrogens with two attached hydrogens (primary N) is 1. The van der Waals surface area contributed by atoms with Crippen LogP contribution in [-0.4, -0.2) is 23.9 Å². The molecule has 0 aliphatic heterocycles. The summed E-state index contributed by atoms with van der Waals surface area (Å²) in [6.07, 6.45) is 2.45. The SMILES string of the molecule is CCN(CC1CC1)C(=O)c1c(N)cccc1Cl. The highest BCUT2D eigenvalue weighted by Gasteiger charge is 2.27. The van der Waals surface area contributed by atoms with E-state index in [-0.39, 0.29) is 5.91 Å². The maximum absolute atomic E-state index is 12.3. The molecule has 92 valence electrons. The minimum atomic E-state index is -0.0532. The third-order valence-corrected chi connectivity index (χ3v) is 3.42. The van der Waals surface area contributed by atoms with Gasteiger partial charge in [0.1, 0.15) is 0 Å². The molecule has 1 aromatic rings. The van der Waals surface area contributed by atoms with E-state index in [1.807, 2.05) is 11.8 Å². The van der Waals surface area contributed by atoms with E-state index in [1.54, 1.807) is 18.2 Å². The zero-order valence-corrected chi connectivity index (χ0v) is 10.7. The van der Waals surface area contributed by atoms with E-state index in [0.29, 0.717) is 28.7 Å². The van der Waals surface area contributed by atoms with Gasteiger partial charge < -0.3 is 10.6 Å². The molecular formula is C13H17ClN2O. The van der Waals surface area contributed by atoms with Crippen LogP contribution in [-0.2, 0) is 0 Å². The molecule has 0 bridgehead atoms. The number of nitrogens with zero attached hydrogens (tertiary/aromatic N) is 1. The summed E-state index contributed by atoms with van der Waals surface area (Å²) >= 11 is 6.05. The highest BCUT2D eigenvalue weighted by atomic mass is 35.5. The van der Waals surface area contributed by atoms with E-state index in [9.17, 15) is 4.79 Å². The largest absolute Gasteiger partial charge is 0.398 e. The Labute approximate surface area is 107 Å². The fourth-order valence-corrected chi connectivity index (χ4v) is 2.15. The Morgan fingerprint density at radius 3 is 2.76 bits per heavy atom. The molecule has 3 nitrogen and oxygen atoms in total. The van der Waals surface area contributed by atoms with Crippen LogP contribution in [0.3, 0.4) is 0 Å². The molecule has 0 radical (unpaired) electrons. The van der Waals surface area contributed by atoms with E-state index < -0.39 is 0 Å². The van der Waals surface area contributed by atoms with E-state index in [2.05, 4.69) is 0 Å². The molecule has 1 aliphatic rings.